The summed E-state index contributed by atoms with van der Waals surface area (Å²) in [4.78, 5) is 11.4. The van der Waals surface area contributed by atoms with Crippen molar-refractivity contribution >= 4 is 34.2 Å². The summed E-state index contributed by atoms with van der Waals surface area (Å²) >= 11 is 2.28. The van der Waals surface area contributed by atoms with Crippen LogP contribution in [0.15, 0.2) is 48.5 Å². The van der Waals surface area contributed by atoms with Crippen molar-refractivity contribution < 1.29 is 9.53 Å². The number of nitrogens with one attached hydrogen (secondary N) is 1. The first-order valence-electron chi connectivity index (χ1n) is 6.32. The standard InChI is InChI=1S/C16H16INO2/c1-20-16(19)10-12-4-2-3-5-13(12)11-18-15-8-6-14(17)7-9-15/h2-9,18H,10-11H2,1H3. The zero-order chi connectivity index (χ0) is 14.4. The number of hydrogen-bond acceptors (Lipinski definition) is 3. The second-order valence-corrected chi connectivity index (χ2v) is 5.63. The summed E-state index contributed by atoms with van der Waals surface area (Å²) in [5.41, 5.74) is 3.17. The minimum Gasteiger partial charge on any atom is -0.469 e. The molecule has 2 rings (SSSR count). The third-order valence-electron chi connectivity index (χ3n) is 3.01. The first kappa shape index (κ1) is 14.8. The molecule has 3 nitrogen and oxygen atoms in total. The van der Waals surface area contributed by atoms with E-state index >= 15 is 0 Å². The first-order chi connectivity index (χ1) is 9.69. The quantitative estimate of drug-likeness (QED) is 0.635. The van der Waals surface area contributed by atoms with Crippen LogP contribution >= 0.6 is 22.6 Å². The molecule has 0 aliphatic heterocycles. The smallest absolute Gasteiger partial charge is 0.309 e. The fourth-order valence-electron chi connectivity index (χ4n) is 1.90. The van der Waals surface area contributed by atoms with E-state index < -0.39 is 0 Å². The minimum absolute atomic E-state index is 0.216. The molecule has 0 fully saturated rings. The summed E-state index contributed by atoms with van der Waals surface area (Å²) in [6, 6.07) is 16.1. The second kappa shape index (κ2) is 7.28. The van der Waals surface area contributed by atoms with Crippen molar-refractivity contribution in [2.75, 3.05) is 12.4 Å². The highest BCUT2D eigenvalue weighted by atomic mass is 127. The molecule has 0 spiro atoms. The van der Waals surface area contributed by atoms with E-state index in [1.165, 1.54) is 10.7 Å². The first-order valence-corrected chi connectivity index (χ1v) is 7.40. The Morgan fingerprint density at radius 3 is 2.40 bits per heavy atom. The largest absolute Gasteiger partial charge is 0.469 e. The molecule has 0 heterocycles. The molecule has 0 atom stereocenters. The topological polar surface area (TPSA) is 38.3 Å². The van der Waals surface area contributed by atoms with Crippen LogP contribution in [0.4, 0.5) is 5.69 Å². The maximum atomic E-state index is 11.4. The fourth-order valence-corrected chi connectivity index (χ4v) is 2.25. The lowest BCUT2D eigenvalue weighted by Crippen LogP contribution is -2.09. The van der Waals surface area contributed by atoms with Crippen LogP contribution < -0.4 is 5.32 Å². The van der Waals surface area contributed by atoms with Gasteiger partial charge in [0.05, 0.1) is 13.5 Å². The molecule has 1 N–H and O–H groups in total. The minimum atomic E-state index is -0.216. The molecule has 20 heavy (non-hydrogen) atoms. The molecule has 0 amide bonds. The highest BCUT2D eigenvalue weighted by molar-refractivity contribution is 14.1. The van der Waals surface area contributed by atoms with Gasteiger partial charge in [-0.25, -0.2) is 0 Å². The van der Waals surface area contributed by atoms with Crippen LogP contribution in [-0.2, 0) is 22.5 Å². The number of halogens is 1. The average molecular weight is 381 g/mol. The van der Waals surface area contributed by atoms with Crippen molar-refractivity contribution in [3.05, 3.63) is 63.2 Å². The fraction of sp³-hybridized carbons (Fsp3) is 0.188. The van der Waals surface area contributed by atoms with Gasteiger partial charge in [-0.15, -0.1) is 0 Å². The van der Waals surface area contributed by atoms with Crippen molar-refractivity contribution in [2.45, 2.75) is 13.0 Å². The molecule has 4 heteroatoms. The lowest BCUT2D eigenvalue weighted by atomic mass is 10.0. The van der Waals surface area contributed by atoms with Crippen LogP contribution in [0.2, 0.25) is 0 Å². The monoisotopic (exact) mass is 381 g/mol. The van der Waals surface area contributed by atoms with Crippen LogP contribution in [0.5, 0.6) is 0 Å². The number of methoxy groups -OCH3 is 1. The number of benzene rings is 2. The molecule has 0 bridgehead atoms. The van der Waals surface area contributed by atoms with Crippen molar-refractivity contribution in [2.24, 2.45) is 0 Å². The van der Waals surface area contributed by atoms with Gasteiger partial charge in [-0.1, -0.05) is 24.3 Å². The van der Waals surface area contributed by atoms with Crippen molar-refractivity contribution in [1.82, 2.24) is 0 Å². The Bertz CT molecular complexity index is 581. The van der Waals surface area contributed by atoms with Crippen molar-refractivity contribution in [3.63, 3.8) is 0 Å². The number of carbonyl (C=O) groups excluding carboxylic acids is 1. The van der Waals surface area contributed by atoms with E-state index in [1.807, 2.05) is 36.4 Å². The molecule has 0 saturated heterocycles. The number of carbonyl (C=O) groups is 1. The van der Waals surface area contributed by atoms with Gasteiger partial charge in [0.25, 0.3) is 0 Å². The van der Waals surface area contributed by atoms with E-state index in [4.69, 9.17) is 4.74 Å². The summed E-state index contributed by atoms with van der Waals surface area (Å²) < 4.78 is 5.93. The summed E-state index contributed by atoms with van der Waals surface area (Å²) in [5.74, 6) is -0.216. The van der Waals surface area contributed by atoms with Crippen LogP contribution in [0.1, 0.15) is 11.1 Å². The van der Waals surface area contributed by atoms with Crippen molar-refractivity contribution in [1.29, 1.82) is 0 Å². The van der Waals surface area contributed by atoms with Crippen molar-refractivity contribution in [3.8, 4) is 0 Å². The predicted molar refractivity (Wildman–Crippen MR) is 88.6 cm³/mol. The van der Waals surface area contributed by atoms with Gasteiger partial charge in [0.15, 0.2) is 0 Å². The zero-order valence-corrected chi connectivity index (χ0v) is 13.4. The summed E-state index contributed by atoms with van der Waals surface area (Å²) in [6.07, 6.45) is 0.307. The van der Waals surface area contributed by atoms with E-state index in [9.17, 15) is 4.79 Å². The maximum absolute atomic E-state index is 11.4. The normalized spacial score (nSPS) is 10.1. The number of rotatable bonds is 5. The molecular formula is C16H16INO2. The SMILES string of the molecule is COC(=O)Cc1ccccc1CNc1ccc(I)cc1. The Balaban J connectivity index is 2.05. The van der Waals surface area contributed by atoms with Crippen LogP contribution in [0, 0.1) is 3.57 Å². The van der Waals surface area contributed by atoms with E-state index in [0.29, 0.717) is 13.0 Å². The maximum Gasteiger partial charge on any atom is 0.309 e. The summed E-state index contributed by atoms with van der Waals surface area (Å²) in [5, 5.41) is 3.36. The van der Waals surface area contributed by atoms with Gasteiger partial charge in [0.1, 0.15) is 0 Å². The van der Waals surface area contributed by atoms with Gasteiger partial charge >= 0.3 is 5.97 Å². The third-order valence-corrected chi connectivity index (χ3v) is 3.73. The van der Waals surface area contributed by atoms with Crippen LogP contribution in [-0.4, -0.2) is 13.1 Å². The molecule has 2 aromatic carbocycles. The predicted octanol–water partition coefficient (Wildman–Crippen LogP) is 3.62. The zero-order valence-electron chi connectivity index (χ0n) is 11.2. The number of ether oxygens (including phenoxy) is 1. The lowest BCUT2D eigenvalue weighted by Gasteiger charge is -2.11. The molecule has 0 radical (unpaired) electrons. The average Bonchev–Trinajstić information content (AvgIpc) is 2.48. The number of hydrogen-bond donors (Lipinski definition) is 1. The summed E-state index contributed by atoms with van der Waals surface area (Å²) in [6.45, 7) is 0.688. The summed E-state index contributed by atoms with van der Waals surface area (Å²) in [7, 11) is 1.41. The van der Waals surface area contributed by atoms with Crippen LogP contribution in [0.25, 0.3) is 0 Å². The Morgan fingerprint density at radius 2 is 1.75 bits per heavy atom. The third kappa shape index (κ3) is 4.23. The highest BCUT2D eigenvalue weighted by Crippen LogP contribution is 2.15. The lowest BCUT2D eigenvalue weighted by molar-refractivity contribution is -0.139. The number of esters is 1. The Kier molecular flexibility index (Phi) is 5.40. The van der Waals surface area contributed by atoms with Gasteiger partial charge in [-0.05, 0) is 58.0 Å². The van der Waals surface area contributed by atoms with Gasteiger partial charge in [0, 0.05) is 15.8 Å². The molecule has 0 saturated carbocycles. The molecule has 2 aromatic rings. The van der Waals surface area contributed by atoms with E-state index in [2.05, 4.69) is 40.0 Å². The second-order valence-electron chi connectivity index (χ2n) is 4.38. The van der Waals surface area contributed by atoms with Gasteiger partial charge in [0.2, 0.25) is 0 Å². The molecule has 0 aromatic heterocycles. The Hall–Kier alpha value is -1.56. The van der Waals surface area contributed by atoms with Gasteiger partial charge < -0.3 is 10.1 Å². The van der Waals surface area contributed by atoms with Crippen LogP contribution in [0.3, 0.4) is 0 Å². The number of anilines is 1. The Labute approximate surface area is 132 Å². The van der Waals surface area contributed by atoms with Gasteiger partial charge in [-0.3, -0.25) is 4.79 Å². The molecule has 0 aliphatic rings. The Morgan fingerprint density at radius 1 is 1.10 bits per heavy atom. The molecule has 0 unspecified atom stereocenters. The molecular weight excluding hydrogens is 365 g/mol. The van der Waals surface area contributed by atoms with E-state index in [1.54, 1.807) is 0 Å². The molecule has 0 aliphatic carbocycles. The van der Waals surface area contributed by atoms with E-state index in [-0.39, 0.29) is 5.97 Å². The van der Waals surface area contributed by atoms with E-state index in [0.717, 1.165) is 16.8 Å². The highest BCUT2D eigenvalue weighted by Gasteiger charge is 2.07. The molecule has 104 valence electrons. The van der Waals surface area contributed by atoms with Gasteiger partial charge in [-0.2, -0.15) is 0 Å².